The Balaban J connectivity index is 2.06. The Labute approximate surface area is 98.1 Å². The fraction of sp³-hybridized carbons (Fsp3) is 0.800. The van der Waals surface area contributed by atoms with Crippen molar-refractivity contribution in [1.29, 1.82) is 0 Å². The zero-order valence-electron chi connectivity index (χ0n) is 8.84. The molecule has 0 aliphatic carbocycles. The second-order valence-corrected chi connectivity index (χ2v) is 4.83. The number of carbonyl (C=O) groups is 2. The van der Waals surface area contributed by atoms with Crippen molar-refractivity contribution in [1.82, 2.24) is 10.2 Å². The van der Waals surface area contributed by atoms with E-state index in [-0.39, 0.29) is 5.91 Å². The predicted molar refractivity (Wildman–Crippen MR) is 56.6 cm³/mol. The van der Waals surface area contributed by atoms with E-state index < -0.39 is 17.0 Å². The van der Waals surface area contributed by atoms with Gasteiger partial charge in [-0.05, 0) is 19.3 Å². The molecule has 0 aromatic rings. The van der Waals surface area contributed by atoms with Gasteiger partial charge in [0.2, 0.25) is 5.91 Å². The van der Waals surface area contributed by atoms with Crippen LogP contribution in [0.3, 0.4) is 0 Å². The largest absolute Gasteiger partial charge is 0.356 e. The number of nitrogens with zero attached hydrogens (tertiary/aromatic N) is 1. The first-order valence-corrected chi connectivity index (χ1v) is 5.84. The average molecular weight is 249 g/mol. The molecule has 2 saturated heterocycles. The van der Waals surface area contributed by atoms with E-state index in [1.165, 1.54) is 4.90 Å². The number of likely N-dealkylation sites (tertiary alicyclic amines) is 1. The van der Waals surface area contributed by atoms with E-state index in [9.17, 15) is 14.0 Å². The van der Waals surface area contributed by atoms with Gasteiger partial charge in [-0.15, -0.1) is 0 Å². The number of carbonyl (C=O) groups excluding carboxylic acids is 2. The van der Waals surface area contributed by atoms with Gasteiger partial charge in [-0.25, -0.2) is 4.39 Å². The molecule has 0 aromatic heterocycles. The van der Waals surface area contributed by atoms with Crippen LogP contribution in [-0.2, 0) is 9.59 Å². The number of hydrogen-bond donors (Lipinski definition) is 1. The summed E-state index contributed by atoms with van der Waals surface area (Å²) in [7, 11) is 0. The third-order valence-electron chi connectivity index (χ3n) is 3.45. The van der Waals surface area contributed by atoms with Crippen LogP contribution in [0.5, 0.6) is 0 Å². The van der Waals surface area contributed by atoms with Crippen LogP contribution in [0.4, 0.5) is 4.39 Å². The fourth-order valence-corrected chi connectivity index (χ4v) is 2.66. The maximum absolute atomic E-state index is 12.7. The highest BCUT2D eigenvalue weighted by Crippen LogP contribution is 2.37. The minimum absolute atomic E-state index is 0.0148. The van der Waals surface area contributed by atoms with E-state index in [0.29, 0.717) is 26.1 Å². The molecule has 6 heteroatoms. The molecule has 4 nitrogen and oxygen atoms in total. The molecule has 2 rings (SSSR count). The number of nitrogens with one attached hydrogen (secondary N) is 1. The molecule has 16 heavy (non-hydrogen) atoms. The molecule has 0 saturated carbocycles. The fourth-order valence-electron chi connectivity index (χ4n) is 2.52. The highest BCUT2D eigenvalue weighted by Gasteiger charge is 2.47. The average Bonchev–Trinajstić information content (AvgIpc) is 2.67. The Bertz CT molecular complexity index is 324. The smallest absolute Gasteiger partial charge is 0.272 e. The van der Waals surface area contributed by atoms with Crippen LogP contribution in [0.15, 0.2) is 0 Å². The number of hydrogen-bond acceptors (Lipinski definition) is 2. The second kappa shape index (κ2) is 4.20. The van der Waals surface area contributed by atoms with Gasteiger partial charge in [-0.1, -0.05) is 11.6 Å². The van der Waals surface area contributed by atoms with Gasteiger partial charge in [0, 0.05) is 19.6 Å². The molecule has 0 radical (unpaired) electrons. The molecule has 2 amide bonds. The van der Waals surface area contributed by atoms with Crippen LogP contribution in [-0.4, -0.2) is 42.0 Å². The highest BCUT2D eigenvalue weighted by molar-refractivity contribution is 6.29. The molecule has 1 spiro atoms. The monoisotopic (exact) mass is 248 g/mol. The molecule has 90 valence electrons. The molecule has 2 unspecified atom stereocenters. The lowest BCUT2D eigenvalue weighted by molar-refractivity contribution is -0.136. The summed E-state index contributed by atoms with van der Waals surface area (Å²) in [5, 5.41) is 2.80. The second-order valence-electron chi connectivity index (χ2n) is 4.45. The van der Waals surface area contributed by atoms with Crippen LogP contribution in [0.2, 0.25) is 0 Å². The molecule has 0 bridgehead atoms. The zero-order chi connectivity index (χ0) is 11.8. The summed E-state index contributed by atoms with van der Waals surface area (Å²) in [5.74, 6) is -0.740. The zero-order valence-corrected chi connectivity index (χ0v) is 9.60. The quantitative estimate of drug-likeness (QED) is 0.693. The Kier molecular flexibility index (Phi) is 3.06. The molecule has 2 atom stereocenters. The van der Waals surface area contributed by atoms with Gasteiger partial charge in [0.05, 0.1) is 5.41 Å². The minimum atomic E-state index is -2.00. The lowest BCUT2D eigenvalue weighted by Gasteiger charge is -2.32. The Morgan fingerprint density at radius 2 is 2.31 bits per heavy atom. The summed E-state index contributed by atoms with van der Waals surface area (Å²) in [5.41, 5.74) is -2.50. The molecule has 1 N–H and O–H groups in total. The Morgan fingerprint density at radius 3 is 2.94 bits per heavy atom. The van der Waals surface area contributed by atoms with E-state index in [1.54, 1.807) is 0 Å². The molecule has 2 aliphatic rings. The topological polar surface area (TPSA) is 49.4 Å². The standard InChI is InChI=1S/C10H14ClFN2O2/c11-7(12)8(15)14-5-3-10(6-14)2-1-4-13-9(10)16/h7H,1-6H2,(H,13,16). The van der Waals surface area contributed by atoms with Crippen molar-refractivity contribution in [3.05, 3.63) is 0 Å². The molecule has 0 aromatic carbocycles. The predicted octanol–water partition coefficient (Wildman–Crippen LogP) is 0.649. The van der Waals surface area contributed by atoms with E-state index in [2.05, 4.69) is 5.32 Å². The van der Waals surface area contributed by atoms with E-state index in [4.69, 9.17) is 11.6 Å². The van der Waals surface area contributed by atoms with E-state index in [0.717, 1.165) is 12.8 Å². The van der Waals surface area contributed by atoms with E-state index >= 15 is 0 Å². The third kappa shape index (κ3) is 1.88. The van der Waals surface area contributed by atoms with Crippen molar-refractivity contribution in [3.63, 3.8) is 0 Å². The SMILES string of the molecule is O=C(C(F)Cl)N1CCC2(CCCNC2=O)C1. The summed E-state index contributed by atoms with van der Waals surface area (Å²) in [4.78, 5) is 24.5. The minimum Gasteiger partial charge on any atom is -0.356 e. The molecule has 2 heterocycles. The Morgan fingerprint density at radius 1 is 1.56 bits per heavy atom. The van der Waals surface area contributed by atoms with Gasteiger partial charge in [0.25, 0.3) is 11.5 Å². The van der Waals surface area contributed by atoms with Crippen LogP contribution in [0, 0.1) is 5.41 Å². The number of alkyl halides is 2. The first-order valence-electron chi connectivity index (χ1n) is 5.40. The van der Waals surface area contributed by atoms with Crippen molar-refractivity contribution in [2.24, 2.45) is 5.41 Å². The summed E-state index contributed by atoms with van der Waals surface area (Å²) in [6, 6.07) is 0. The lowest BCUT2D eigenvalue weighted by atomic mass is 9.79. The van der Waals surface area contributed by atoms with Crippen molar-refractivity contribution in [2.75, 3.05) is 19.6 Å². The number of rotatable bonds is 1. The van der Waals surface area contributed by atoms with Crippen LogP contribution >= 0.6 is 11.6 Å². The first-order chi connectivity index (χ1) is 7.55. The van der Waals surface area contributed by atoms with Gasteiger partial charge < -0.3 is 10.2 Å². The van der Waals surface area contributed by atoms with Gasteiger partial charge in [0.15, 0.2) is 0 Å². The summed E-state index contributed by atoms with van der Waals surface area (Å²) in [6.45, 7) is 1.40. The van der Waals surface area contributed by atoms with Crippen LogP contribution < -0.4 is 5.32 Å². The normalized spacial score (nSPS) is 31.6. The van der Waals surface area contributed by atoms with Gasteiger partial charge in [-0.2, -0.15) is 0 Å². The van der Waals surface area contributed by atoms with E-state index in [1.807, 2.05) is 0 Å². The number of piperidine rings is 1. The number of amides is 2. The molecule has 2 aliphatic heterocycles. The van der Waals surface area contributed by atoms with Crippen LogP contribution in [0.25, 0.3) is 0 Å². The molecule has 2 fully saturated rings. The highest BCUT2D eigenvalue weighted by atomic mass is 35.5. The summed E-state index contributed by atoms with van der Waals surface area (Å²) in [6.07, 6.45) is 2.28. The maximum Gasteiger partial charge on any atom is 0.272 e. The van der Waals surface area contributed by atoms with Gasteiger partial charge in [0.1, 0.15) is 0 Å². The number of halogens is 2. The Hall–Kier alpha value is -0.840. The van der Waals surface area contributed by atoms with Crippen molar-refractivity contribution < 1.29 is 14.0 Å². The van der Waals surface area contributed by atoms with Gasteiger partial charge in [-0.3, -0.25) is 9.59 Å². The maximum atomic E-state index is 12.7. The lowest BCUT2D eigenvalue weighted by Crippen LogP contribution is -2.48. The summed E-state index contributed by atoms with van der Waals surface area (Å²) >= 11 is 5.11. The molecular weight excluding hydrogens is 235 g/mol. The van der Waals surface area contributed by atoms with Crippen molar-refractivity contribution in [3.8, 4) is 0 Å². The molecular formula is C10H14ClFN2O2. The van der Waals surface area contributed by atoms with Crippen molar-refractivity contribution in [2.45, 2.75) is 24.9 Å². The van der Waals surface area contributed by atoms with Gasteiger partial charge >= 0.3 is 0 Å². The van der Waals surface area contributed by atoms with Crippen molar-refractivity contribution >= 4 is 23.4 Å². The van der Waals surface area contributed by atoms with Crippen LogP contribution in [0.1, 0.15) is 19.3 Å². The summed E-state index contributed by atoms with van der Waals surface area (Å²) < 4.78 is 12.7. The first kappa shape index (κ1) is 11.6. The third-order valence-corrected chi connectivity index (χ3v) is 3.64.